The molecule has 1 aliphatic carbocycles. The highest BCUT2D eigenvalue weighted by atomic mass is 32.2. The Morgan fingerprint density at radius 3 is 2.67 bits per heavy atom. The van der Waals surface area contributed by atoms with Gasteiger partial charge in [-0.25, -0.2) is 9.97 Å². The number of hydrogen-bond acceptors (Lipinski definition) is 4. The minimum Gasteiger partial charge on any atom is -0.373 e. The summed E-state index contributed by atoms with van der Waals surface area (Å²) in [5, 5.41) is 3.72. The van der Waals surface area contributed by atoms with Crippen molar-refractivity contribution >= 4 is 17.6 Å². The van der Waals surface area contributed by atoms with Crippen molar-refractivity contribution < 1.29 is 0 Å². The van der Waals surface area contributed by atoms with E-state index in [0.29, 0.717) is 11.2 Å². The van der Waals surface area contributed by atoms with E-state index in [1.165, 1.54) is 50.0 Å². The first-order valence-electron chi connectivity index (χ1n) is 7.05. The average Bonchev–Trinajstić information content (AvgIpc) is 3.10. The van der Waals surface area contributed by atoms with Gasteiger partial charge in [0.05, 0.1) is 5.25 Å². The maximum absolute atomic E-state index is 4.87. The van der Waals surface area contributed by atoms with Crippen molar-refractivity contribution in [2.75, 3.05) is 18.1 Å². The third-order valence-corrected chi connectivity index (χ3v) is 5.38. The van der Waals surface area contributed by atoms with Gasteiger partial charge in [0.25, 0.3) is 0 Å². The van der Waals surface area contributed by atoms with Crippen LogP contribution in [0.15, 0.2) is 6.07 Å². The Hall–Kier alpha value is -0.770. The van der Waals surface area contributed by atoms with E-state index in [0.717, 1.165) is 11.6 Å². The zero-order chi connectivity index (χ0) is 12.4. The summed E-state index contributed by atoms with van der Waals surface area (Å²) in [6.07, 6.45) is 7.87. The molecule has 2 heterocycles. The van der Waals surface area contributed by atoms with Gasteiger partial charge in [0, 0.05) is 24.7 Å². The summed E-state index contributed by atoms with van der Waals surface area (Å²) >= 11 is 2.01. The Morgan fingerprint density at radius 2 is 2.00 bits per heavy atom. The number of hydrogen-bond donors (Lipinski definition) is 1. The van der Waals surface area contributed by atoms with Crippen molar-refractivity contribution in [3.63, 3.8) is 0 Å². The van der Waals surface area contributed by atoms with E-state index < -0.39 is 0 Å². The van der Waals surface area contributed by atoms with Crippen molar-refractivity contribution in [1.82, 2.24) is 9.97 Å². The van der Waals surface area contributed by atoms with E-state index in [-0.39, 0.29) is 0 Å². The topological polar surface area (TPSA) is 37.8 Å². The molecular weight excluding hydrogens is 242 g/mol. The second-order valence-electron chi connectivity index (χ2n) is 5.27. The molecule has 1 aromatic rings. The predicted octanol–water partition coefficient (Wildman–Crippen LogP) is 3.74. The number of thioether (sulfide) groups is 1. The molecule has 1 aromatic heterocycles. The molecular formula is C14H21N3S. The van der Waals surface area contributed by atoms with Crippen molar-refractivity contribution in [3.05, 3.63) is 17.6 Å². The van der Waals surface area contributed by atoms with Crippen LogP contribution in [0.5, 0.6) is 0 Å². The molecule has 0 spiro atoms. The van der Waals surface area contributed by atoms with E-state index in [4.69, 9.17) is 4.98 Å². The molecule has 1 aliphatic heterocycles. The summed E-state index contributed by atoms with van der Waals surface area (Å²) in [6.45, 7) is 0. The van der Waals surface area contributed by atoms with E-state index in [1.54, 1.807) is 0 Å². The summed E-state index contributed by atoms with van der Waals surface area (Å²) < 4.78 is 0. The Bertz CT molecular complexity index is 375. The number of anilines is 1. The molecule has 3 rings (SSSR count). The largest absolute Gasteiger partial charge is 0.373 e. The lowest BCUT2D eigenvalue weighted by Crippen LogP contribution is -2.07. The Labute approximate surface area is 113 Å². The fourth-order valence-corrected chi connectivity index (χ4v) is 4.18. The van der Waals surface area contributed by atoms with Gasteiger partial charge >= 0.3 is 0 Å². The monoisotopic (exact) mass is 263 g/mol. The average molecular weight is 263 g/mol. The van der Waals surface area contributed by atoms with Gasteiger partial charge in [-0.15, -0.1) is 0 Å². The summed E-state index contributed by atoms with van der Waals surface area (Å²) in [7, 11) is 1.95. The highest BCUT2D eigenvalue weighted by Crippen LogP contribution is 2.40. The van der Waals surface area contributed by atoms with Crippen LogP contribution in [0.2, 0.25) is 0 Å². The van der Waals surface area contributed by atoms with E-state index in [2.05, 4.69) is 16.4 Å². The third kappa shape index (κ3) is 2.48. The lowest BCUT2D eigenvalue weighted by atomic mass is 10.0. The van der Waals surface area contributed by atoms with Crippen LogP contribution in [0.1, 0.15) is 61.2 Å². The fourth-order valence-electron chi connectivity index (χ4n) is 2.97. The highest BCUT2D eigenvalue weighted by Gasteiger charge is 2.24. The van der Waals surface area contributed by atoms with Crippen LogP contribution in [0, 0.1) is 0 Å². The normalized spacial score (nSPS) is 24.6. The van der Waals surface area contributed by atoms with Crippen molar-refractivity contribution in [2.24, 2.45) is 0 Å². The molecule has 2 aliphatic rings. The zero-order valence-electron chi connectivity index (χ0n) is 11.0. The molecule has 0 radical (unpaired) electrons. The van der Waals surface area contributed by atoms with Gasteiger partial charge in [0.15, 0.2) is 0 Å². The van der Waals surface area contributed by atoms with Gasteiger partial charge in [0.2, 0.25) is 0 Å². The zero-order valence-corrected chi connectivity index (χ0v) is 11.8. The van der Waals surface area contributed by atoms with Crippen LogP contribution < -0.4 is 5.32 Å². The van der Waals surface area contributed by atoms with Gasteiger partial charge in [-0.05, 0) is 31.4 Å². The predicted molar refractivity (Wildman–Crippen MR) is 77.2 cm³/mol. The van der Waals surface area contributed by atoms with Gasteiger partial charge in [-0.1, -0.05) is 12.8 Å². The minimum atomic E-state index is 0.526. The highest BCUT2D eigenvalue weighted by molar-refractivity contribution is 7.99. The number of aromatic nitrogens is 2. The minimum absolute atomic E-state index is 0.526. The Balaban J connectivity index is 1.90. The van der Waals surface area contributed by atoms with Gasteiger partial charge in [-0.3, -0.25) is 0 Å². The maximum Gasteiger partial charge on any atom is 0.143 e. The molecule has 3 nitrogen and oxygen atoms in total. The first kappa shape index (κ1) is 12.3. The smallest absolute Gasteiger partial charge is 0.143 e. The van der Waals surface area contributed by atoms with Crippen LogP contribution >= 0.6 is 11.8 Å². The van der Waals surface area contributed by atoms with Gasteiger partial charge in [-0.2, -0.15) is 11.8 Å². The van der Waals surface area contributed by atoms with Crippen LogP contribution in [0.4, 0.5) is 5.82 Å². The quantitative estimate of drug-likeness (QED) is 0.901. The molecule has 1 N–H and O–H groups in total. The van der Waals surface area contributed by atoms with Gasteiger partial charge in [0.1, 0.15) is 11.6 Å². The summed E-state index contributed by atoms with van der Waals surface area (Å²) in [5.41, 5.74) is 1.27. The van der Waals surface area contributed by atoms with Crippen LogP contribution in [0.3, 0.4) is 0 Å². The second kappa shape index (κ2) is 5.47. The van der Waals surface area contributed by atoms with E-state index >= 15 is 0 Å². The Morgan fingerprint density at radius 1 is 1.17 bits per heavy atom. The first-order chi connectivity index (χ1) is 8.86. The number of nitrogens with zero attached hydrogens (tertiary/aromatic N) is 2. The molecule has 18 heavy (non-hydrogen) atoms. The maximum atomic E-state index is 4.87. The van der Waals surface area contributed by atoms with E-state index in [1.807, 2.05) is 18.8 Å². The third-order valence-electron chi connectivity index (χ3n) is 4.01. The summed E-state index contributed by atoms with van der Waals surface area (Å²) in [6, 6.07) is 2.15. The molecule has 98 valence electrons. The molecule has 0 bridgehead atoms. The molecule has 2 fully saturated rings. The molecule has 1 atom stereocenters. The SMILES string of the molecule is CNc1cc(C2CCCC2)nc(C2CCCS2)n1. The molecule has 4 heteroatoms. The Kier molecular flexibility index (Phi) is 3.73. The summed E-state index contributed by atoms with van der Waals surface area (Å²) in [5.74, 6) is 3.99. The van der Waals surface area contributed by atoms with Crippen molar-refractivity contribution in [3.8, 4) is 0 Å². The van der Waals surface area contributed by atoms with Gasteiger partial charge < -0.3 is 5.32 Å². The van der Waals surface area contributed by atoms with Crippen LogP contribution in [0.25, 0.3) is 0 Å². The molecule has 1 saturated carbocycles. The molecule has 1 saturated heterocycles. The molecule has 1 unspecified atom stereocenters. The lowest BCUT2D eigenvalue weighted by Gasteiger charge is -2.14. The second-order valence-corrected chi connectivity index (χ2v) is 6.58. The number of rotatable bonds is 3. The van der Waals surface area contributed by atoms with Crippen LogP contribution in [-0.2, 0) is 0 Å². The van der Waals surface area contributed by atoms with Crippen molar-refractivity contribution in [1.29, 1.82) is 0 Å². The van der Waals surface area contributed by atoms with Crippen LogP contribution in [-0.4, -0.2) is 22.8 Å². The van der Waals surface area contributed by atoms with E-state index in [9.17, 15) is 0 Å². The fraction of sp³-hybridized carbons (Fsp3) is 0.714. The standard InChI is InChI=1S/C14H21N3S/c1-15-13-9-11(10-5-2-3-6-10)16-14(17-13)12-7-4-8-18-12/h9-10,12H,2-8H2,1H3,(H,15,16,17). The molecule has 0 amide bonds. The van der Waals surface area contributed by atoms with Crippen molar-refractivity contribution in [2.45, 2.75) is 49.7 Å². The summed E-state index contributed by atoms with van der Waals surface area (Å²) in [4.78, 5) is 9.54. The molecule has 0 aromatic carbocycles. The number of nitrogens with one attached hydrogen (secondary N) is 1. The first-order valence-corrected chi connectivity index (χ1v) is 8.10. The lowest BCUT2D eigenvalue weighted by molar-refractivity contribution is 0.676.